The maximum atomic E-state index is 11.5. The topological polar surface area (TPSA) is 71.7 Å². The molecule has 0 aromatic carbocycles. The lowest BCUT2D eigenvalue weighted by atomic mass is 10.0. The molecule has 1 heterocycles. The van der Waals surface area contributed by atoms with Gasteiger partial charge in [-0.05, 0) is 25.7 Å². The SMILES string of the molecule is CCCCCCO/C(=N/S)C(=N)C1=CCC[N+](C)(C(CCC)OC(C)=O)C1. The van der Waals surface area contributed by atoms with E-state index in [0.717, 1.165) is 44.2 Å². The summed E-state index contributed by atoms with van der Waals surface area (Å²) >= 11 is 4.00. The van der Waals surface area contributed by atoms with Gasteiger partial charge in [-0.2, -0.15) is 4.40 Å². The summed E-state index contributed by atoms with van der Waals surface area (Å²) in [6.07, 6.45) is 8.86. The fourth-order valence-corrected chi connectivity index (χ4v) is 3.57. The maximum absolute atomic E-state index is 11.5. The minimum absolute atomic E-state index is 0.199. The Hall–Kier alpha value is -1.34. The lowest BCUT2D eigenvalue weighted by Gasteiger charge is -2.42. The van der Waals surface area contributed by atoms with E-state index in [2.05, 4.69) is 44.2 Å². The van der Waals surface area contributed by atoms with E-state index in [9.17, 15) is 4.79 Å². The van der Waals surface area contributed by atoms with Crippen LogP contribution in [-0.4, -0.2) is 55.0 Å². The molecule has 1 N–H and O–H groups in total. The molecule has 0 fully saturated rings. The Bertz CT molecular complexity index is 563. The van der Waals surface area contributed by atoms with E-state index in [1.165, 1.54) is 19.8 Å². The largest absolute Gasteiger partial charge is 0.476 e. The molecule has 0 radical (unpaired) electrons. The fourth-order valence-electron chi connectivity index (χ4n) is 3.42. The third-order valence-corrected chi connectivity index (χ3v) is 5.14. The molecule has 1 aliphatic rings. The van der Waals surface area contributed by atoms with E-state index >= 15 is 0 Å². The highest BCUT2D eigenvalue weighted by molar-refractivity contribution is 7.79. The summed E-state index contributed by atoms with van der Waals surface area (Å²) in [4.78, 5) is 11.5. The van der Waals surface area contributed by atoms with Gasteiger partial charge in [0, 0.05) is 25.3 Å². The van der Waals surface area contributed by atoms with Crippen molar-refractivity contribution >= 4 is 30.4 Å². The van der Waals surface area contributed by atoms with Crippen molar-refractivity contribution in [3.05, 3.63) is 11.6 Å². The molecule has 2 atom stereocenters. The first-order valence-corrected chi connectivity index (χ1v) is 10.4. The summed E-state index contributed by atoms with van der Waals surface area (Å²) in [6.45, 7) is 7.75. The van der Waals surface area contributed by atoms with Crippen LogP contribution in [0.3, 0.4) is 0 Å². The number of hydrogen-bond donors (Lipinski definition) is 2. The number of unbranched alkanes of at least 4 members (excludes halogenated alkanes) is 3. The lowest BCUT2D eigenvalue weighted by molar-refractivity contribution is -0.949. The van der Waals surface area contributed by atoms with Crippen molar-refractivity contribution in [2.75, 3.05) is 26.7 Å². The highest BCUT2D eigenvalue weighted by Crippen LogP contribution is 2.25. The quantitative estimate of drug-likeness (QED) is 0.136. The monoisotopic (exact) mass is 398 g/mol. The second kappa shape index (κ2) is 12.2. The smallest absolute Gasteiger partial charge is 0.307 e. The van der Waals surface area contributed by atoms with Crippen molar-refractivity contribution in [3.8, 4) is 0 Å². The Labute approximate surface area is 169 Å². The number of likely N-dealkylation sites (N-methyl/N-ethyl adjacent to an activating group) is 1. The zero-order valence-corrected chi connectivity index (χ0v) is 18.2. The highest BCUT2D eigenvalue weighted by atomic mass is 32.1. The van der Waals surface area contributed by atoms with Crippen molar-refractivity contribution in [3.63, 3.8) is 0 Å². The van der Waals surface area contributed by atoms with Gasteiger partial charge in [0.05, 0.1) is 20.2 Å². The van der Waals surface area contributed by atoms with E-state index in [4.69, 9.17) is 14.9 Å². The summed E-state index contributed by atoms with van der Waals surface area (Å²) in [5, 5.41) is 8.53. The molecule has 6 nitrogen and oxygen atoms in total. The van der Waals surface area contributed by atoms with Crippen LogP contribution in [0.25, 0.3) is 0 Å². The Morgan fingerprint density at radius 3 is 2.67 bits per heavy atom. The van der Waals surface area contributed by atoms with Gasteiger partial charge in [-0.15, -0.1) is 0 Å². The number of nitrogens with zero attached hydrogens (tertiary/aromatic N) is 2. The Morgan fingerprint density at radius 2 is 2.07 bits per heavy atom. The molecular weight excluding hydrogens is 362 g/mol. The van der Waals surface area contributed by atoms with Gasteiger partial charge in [0.2, 0.25) is 12.1 Å². The van der Waals surface area contributed by atoms with Crippen molar-refractivity contribution in [2.45, 2.75) is 71.9 Å². The molecule has 154 valence electrons. The number of hydrogen-bond acceptors (Lipinski definition) is 6. The molecule has 0 bridgehead atoms. The first-order chi connectivity index (χ1) is 12.9. The Kier molecular flexibility index (Phi) is 10.7. The number of nitrogens with one attached hydrogen (secondary N) is 1. The van der Waals surface area contributed by atoms with Crippen molar-refractivity contribution in [2.24, 2.45) is 4.40 Å². The summed E-state index contributed by atoms with van der Waals surface area (Å²) in [6, 6.07) is 0. The first kappa shape index (κ1) is 23.7. The van der Waals surface area contributed by atoms with Gasteiger partial charge < -0.3 is 9.47 Å². The number of esters is 1. The van der Waals surface area contributed by atoms with Crippen LogP contribution in [0.15, 0.2) is 16.0 Å². The van der Waals surface area contributed by atoms with Crippen molar-refractivity contribution in [1.29, 1.82) is 5.41 Å². The summed E-state index contributed by atoms with van der Waals surface area (Å²) in [5.41, 5.74) is 1.15. The molecule has 0 saturated carbocycles. The van der Waals surface area contributed by atoms with E-state index < -0.39 is 0 Å². The third kappa shape index (κ3) is 7.66. The van der Waals surface area contributed by atoms with Crippen LogP contribution in [0, 0.1) is 5.41 Å². The van der Waals surface area contributed by atoms with E-state index in [-0.39, 0.29) is 23.8 Å². The van der Waals surface area contributed by atoms with Crippen molar-refractivity contribution in [1.82, 2.24) is 0 Å². The average Bonchev–Trinajstić information content (AvgIpc) is 2.63. The van der Waals surface area contributed by atoms with Crippen molar-refractivity contribution < 1.29 is 18.8 Å². The Balaban J connectivity index is 2.76. The molecule has 1 aliphatic heterocycles. The Morgan fingerprint density at radius 1 is 1.33 bits per heavy atom. The molecule has 0 aromatic heterocycles. The second-order valence-corrected chi connectivity index (χ2v) is 7.62. The van der Waals surface area contributed by atoms with Crippen LogP contribution >= 0.6 is 12.8 Å². The number of carbonyl (C=O) groups is 1. The average molecular weight is 399 g/mol. The maximum Gasteiger partial charge on any atom is 0.307 e. The molecule has 0 aliphatic carbocycles. The van der Waals surface area contributed by atoms with Gasteiger partial charge in [0.15, 0.2) is 0 Å². The lowest BCUT2D eigenvalue weighted by Crippen LogP contribution is -2.57. The van der Waals surface area contributed by atoms with Gasteiger partial charge in [-0.1, -0.05) is 39.2 Å². The summed E-state index contributed by atoms with van der Waals surface area (Å²) < 4.78 is 15.8. The normalized spacial score (nSPS) is 21.4. The van der Waals surface area contributed by atoms with Gasteiger partial charge in [0.25, 0.3) is 0 Å². The van der Waals surface area contributed by atoms with E-state index in [1.807, 2.05) is 0 Å². The van der Waals surface area contributed by atoms with Crippen LogP contribution in [0.1, 0.15) is 65.7 Å². The molecule has 0 spiro atoms. The van der Waals surface area contributed by atoms with Crippen LogP contribution in [-0.2, 0) is 14.3 Å². The molecule has 7 heteroatoms. The molecule has 0 saturated heterocycles. The second-order valence-electron chi connectivity index (χ2n) is 7.42. The highest BCUT2D eigenvalue weighted by Gasteiger charge is 2.38. The minimum atomic E-state index is -0.257. The fraction of sp³-hybridized carbons (Fsp3) is 0.750. The van der Waals surface area contributed by atoms with Crippen LogP contribution in [0.4, 0.5) is 0 Å². The molecule has 0 amide bonds. The van der Waals surface area contributed by atoms with Gasteiger partial charge in [0.1, 0.15) is 12.3 Å². The van der Waals surface area contributed by atoms with Gasteiger partial charge in [-0.25, -0.2) is 0 Å². The molecule has 27 heavy (non-hydrogen) atoms. The molecule has 0 aromatic rings. The summed E-state index contributed by atoms with van der Waals surface area (Å²) in [7, 11) is 2.09. The van der Waals surface area contributed by atoms with Gasteiger partial charge in [-0.3, -0.25) is 14.7 Å². The number of rotatable bonds is 11. The minimum Gasteiger partial charge on any atom is -0.476 e. The predicted octanol–water partition coefficient (Wildman–Crippen LogP) is 4.31. The first-order valence-electron chi connectivity index (χ1n) is 10.0. The van der Waals surface area contributed by atoms with Gasteiger partial charge >= 0.3 is 5.97 Å². The summed E-state index contributed by atoms with van der Waals surface area (Å²) in [5.74, 6) is 0.0149. The van der Waals surface area contributed by atoms with E-state index in [1.54, 1.807) is 0 Å². The molecular formula is C20H36N3O3S+. The van der Waals surface area contributed by atoms with Crippen LogP contribution in [0.5, 0.6) is 0 Å². The molecule has 1 rings (SSSR count). The number of thiol groups is 1. The number of quaternary nitrogens is 1. The predicted molar refractivity (Wildman–Crippen MR) is 113 cm³/mol. The van der Waals surface area contributed by atoms with Crippen LogP contribution < -0.4 is 0 Å². The number of ether oxygens (including phenoxy) is 2. The standard InChI is InChI=1S/C20H35N3O3S/c1-5-7-8-9-14-25-20(22-27)19(21)17-12-10-13-23(4,15-17)18(11-6-2)26-16(3)24/h12,18H,5-11,13-15H2,1-4H3,(H-,21,27)/p+1. The number of carbonyl (C=O) groups excluding carboxylic acids is 1. The molecule has 2 unspecified atom stereocenters. The third-order valence-electron chi connectivity index (χ3n) is 4.96. The van der Waals surface area contributed by atoms with Crippen LogP contribution in [0.2, 0.25) is 0 Å². The zero-order chi connectivity index (χ0) is 20.3. The zero-order valence-electron chi connectivity index (χ0n) is 17.3. The van der Waals surface area contributed by atoms with E-state index in [0.29, 0.717) is 17.6 Å².